The largest absolute Gasteiger partial charge is 0.367 e. The highest BCUT2D eigenvalue weighted by molar-refractivity contribution is 5.24. The Hall–Kier alpha value is -1.27. The molecular weight excluding hydrogens is 200 g/mol. The van der Waals surface area contributed by atoms with Crippen LogP contribution in [-0.4, -0.2) is 15.8 Å². The molecule has 2 rings (SSSR count). The van der Waals surface area contributed by atoms with Gasteiger partial charge in [-0.15, -0.1) is 0 Å². The highest BCUT2D eigenvalue weighted by Crippen LogP contribution is 2.45. The zero-order valence-corrected chi connectivity index (χ0v) is 10.3. The summed E-state index contributed by atoms with van der Waals surface area (Å²) in [6.07, 6.45) is 2.90. The van der Waals surface area contributed by atoms with E-state index in [-0.39, 0.29) is 17.2 Å². The fourth-order valence-electron chi connectivity index (χ4n) is 2.73. The molecule has 1 fully saturated rings. The van der Waals surface area contributed by atoms with Gasteiger partial charge in [0.05, 0.1) is 17.2 Å². The lowest BCUT2D eigenvalue weighted by molar-refractivity contribution is -0.0729. The molecule has 0 bridgehead atoms. The lowest BCUT2D eigenvalue weighted by atomic mass is 9.94. The summed E-state index contributed by atoms with van der Waals surface area (Å²) in [6.45, 7) is 8.38. The molecule has 86 valence electrons. The van der Waals surface area contributed by atoms with Gasteiger partial charge in [0.1, 0.15) is 11.8 Å². The van der Waals surface area contributed by atoms with Crippen LogP contribution in [0, 0.1) is 11.3 Å². The van der Waals surface area contributed by atoms with Crippen LogP contribution in [0.4, 0.5) is 0 Å². The molecule has 1 atom stereocenters. The van der Waals surface area contributed by atoms with E-state index in [9.17, 15) is 0 Å². The van der Waals surface area contributed by atoms with Crippen molar-refractivity contribution in [3.05, 3.63) is 24.0 Å². The van der Waals surface area contributed by atoms with Gasteiger partial charge in [-0.2, -0.15) is 5.26 Å². The zero-order valence-electron chi connectivity index (χ0n) is 10.3. The van der Waals surface area contributed by atoms with Crippen LogP contribution in [0.5, 0.6) is 0 Å². The summed E-state index contributed by atoms with van der Waals surface area (Å²) in [4.78, 5) is 0. The van der Waals surface area contributed by atoms with E-state index in [1.807, 2.05) is 22.9 Å². The zero-order chi connectivity index (χ0) is 12.0. The average molecular weight is 218 g/mol. The second-order valence-electron chi connectivity index (χ2n) is 5.60. The molecule has 16 heavy (non-hydrogen) atoms. The van der Waals surface area contributed by atoms with E-state index in [4.69, 9.17) is 10.00 Å². The predicted molar refractivity (Wildman–Crippen MR) is 62.0 cm³/mol. The molecule has 0 saturated carbocycles. The van der Waals surface area contributed by atoms with Crippen molar-refractivity contribution in [2.45, 2.75) is 51.4 Å². The van der Waals surface area contributed by atoms with E-state index in [1.165, 1.54) is 0 Å². The van der Waals surface area contributed by atoms with Crippen molar-refractivity contribution in [3.8, 4) is 6.07 Å². The van der Waals surface area contributed by atoms with Gasteiger partial charge in [0.2, 0.25) is 0 Å². The summed E-state index contributed by atoms with van der Waals surface area (Å²) in [5.41, 5.74) is 0.360. The van der Waals surface area contributed by atoms with Crippen LogP contribution in [0.3, 0.4) is 0 Å². The third kappa shape index (κ3) is 1.74. The maximum atomic E-state index is 9.06. The third-order valence-electron chi connectivity index (χ3n) is 3.26. The number of rotatable bonds is 1. The van der Waals surface area contributed by atoms with Crippen LogP contribution in [0.2, 0.25) is 0 Å². The summed E-state index contributed by atoms with van der Waals surface area (Å²) in [5.74, 6) is 0. The molecule has 1 unspecified atom stereocenters. The average Bonchev–Trinajstić information content (AvgIpc) is 2.66. The fraction of sp³-hybridized carbons (Fsp3) is 0.615. The number of nitriles is 1. The number of aromatic nitrogens is 1. The van der Waals surface area contributed by atoms with E-state index in [1.54, 1.807) is 0 Å². The van der Waals surface area contributed by atoms with Crippen molar-refractivity contribution in [3.63, 3.8) is 0 Å². The van der Waals surface area contributed by atoms with Gasteiger partial charge in [-0.05, 0) is 46.2 Å². The first-order valence-electron chi connectivity index (χ1n) is 5.63. The minimum atomic E-state index is -0.228. The number of ether oxygens (including phenoxy) is 1. The molecule has 1 aromatic rings. The molecule has 3 heteroatoms. The van der Waals surface area contributed by atoms with Crippen LogP contribution >= 0.6 is 0 Å². The quantitative estimate of drug-likeness (QED) is 0.727. The van der Waals surface area contributed by atoms with Crippen LogP contribution < -0.4 is 0 Å². The van der Waals surface area contributed by atoms with Crippen molar-refractivity contribution in [2.75, 3.05) is 0 Å². The Bertz CT molecular complexity index is 437. The van der Waals surface area contributed by atoms with Gasteiger partial charge in [0.25, 0.3) is 0 Å². The highest BCUT2D eigenvalue weighted by Gasteiger charge is 2.47. The molecular formula is C13H18N2O. The van der Waals surface area contributed by atoms with E-state index in [0.29, 0.717) is 5.69 Å². The van der Waals surface area contributed by atoms with Crippen LogP contribution in [0.1, 0.15) is 45.9 Å². The second-order valence-corrected chi connectivity index (χ2v) is 5.60. The van der Waals surface area contributed by atoms with Gasteiger partial charge < -0.3 is 9.30 Å². The molecule has 0 N–H and O–H groups in total. The smallest absolute Gasteiger partial charge is 0.120 e. The SMILES string of the molecule is CC1(C)CC(n2cccc2C#N)C(C)(C)O1. The molecule has 0 aromatic carbocycles. The molecule has 0 spiro atoms. The molecule has 0 amide bonds. The Kier molecular flexibility index (Phi) is 2.36. The Morgan fingerprint density at radius 1 is 1.44 bits per heavy atom. The van der Waals surface area contributed by atoms with E-state index in [0.717, 1.165) is 6.42 Å². The maximum absolute atomic E-state index is 9.06. The molecule has 2 heterocycles. The van der Waals surface area contributed by atoms with Gasteiger partial charge in [0, 0.05) is 6.20 Å². The highest BCUT2D eigenvalue weighted by atomic mass is 16.5. The van der Waals surface area contributed by atoms with Crippen LogP contribution in [-0.2, 0) is 4.74 Å². The lowest BCUT2D eigenvalue weighted by Crippen LogP contribution is -2.31. The summed E-state index contributed by atoms with van der Waals surface area (Å²) in [7, 11) is 0. The van der Waals surface area contributed by atoms with E-state index in [2.05, 4.69) is 33.8 Å². The summed E-state index contributed by atoms with van der Waals surface area (Å²) < 4.78 is 8.08. The summed E-state index contributed by atoms with van der Waals surface area (Å²) in [5, 5.41) is 9.06. The molecule has 1 aliphatic rings. The topological polar surface area (TPSA) is 38.0 Å². The van der Waals surface area contributed by atoms with Crippen molar-refractivity contribution in [2.24, 2.45) is 0 Å². The third-order valence-corrected chi connectivity index (χ3v) is 3.26. The number of hydrogen-bond acceptors (Lipinski definition) is 2. The number of nitrogens with zero attached hydrogens (tertiary/aromatic N) is 2. The van der Waals surface area contributed by atoms with Crippen LogP contribution in [0.15, 0.2) is 18.3 Å². The lowest BCUT2D eigenvalue weighted by Gasteiger charge is -2.28. The van der Waals surface area contributed by atoms with Crippen molar-refractivity contribution < 1.29 is 4.74 Å². The van der Waals surface area contributed by atoms with Gasteiger partial charge in [-0.25, -0.2) is 0 Å². The normalized spacial score (nSPS) is 26.6. The first kappa shape index (κ1) is 11.2. The summed E-state index contributed by atoms with van der Waals surface area (Å²) in [6, 6.07) is 6.22. The van der Waals surface area contributed by atoms with Crippen molar-refractivity contribution in [1.82, 2.24) is 4.57 Å². The molecule has 0 radical (unpaired) electrons. The van der Waals surface area contributed by atoms with E-state index >= 15 is 0 Å². The Balaban J connectivity index is 2.39. The minimum absolute atomic E-state index is 0.120. The van der Waals surface area contributed by atoms with Gasteiger partial charge in [-0.1, -0.05) is 0 Å². The Morgan fingerprint density at radius 3 is 2.62 bits per heavy atom. The van der Waals surface area contributed by atoms with Crippen molar-refractivity contribution >= 4 is 0 Å². The molecule has 1 aromatic heterocycles. The maximum Gasteiger partial charge on any atom is 0.120 e. The fourth-order valence-corrected chi connectivity index (χ4v) is 2.73. The van der Waals surface area contributed by atoms with Crippen LogP contribution in [0.25, 0.3) is 0 Å². The first-order valence-corrected chi connectivity index (χ1v) is 5.63. The van der Waals surface area contributed by atoms with Gasteiger partial charge in [0.15, 0.2) is 0 Å². The van der Waals surface area contributed by atoms with Gasteiger partial charge in [-0.3, -0.25) is 0 Å². The summed E-state index contributed by atoms with van der Waals surface area (Å²) >= 11 is 0. The number of hydrogen-bond donors (Lipinski definition) is 0. The molecule has 3 nitrogen and oxygen atoms in total. The standard InChI is InChI=1S/C13H18N2O/c1-12(2)8-11(13(3,4)16-12)15-7-5-6-10(15)9-14/h5-7,11H,8H2,1-4H3. The second kappa shape index (κ2) is 3.36. The first-order chi connectivity index (χ1) is 7.36. The molecule has 1 saturated heterocycles. The van der Waals surface area contributed by atoms with E-state index < -0.39 is 0 Å². The Labute approximate surface area is 96.6 Å². The monoisotopic (exact) mass is 218 g/mol. The minimum Gasteiger partial charge on any atom is -0.367 e. The molecule has 1 aliphatic heterocycles. The van der Waals surface area contributed by atoms with Gasteiger partial charge >= 0.3 is 0 Å². The molecule has 0 aliphatic carbocycles. The Morgan fingerprint density at radius 2 is 2.12 bits per heavy atom. The predicted octanol–water partition coefficient (Wildman–Crippen LogP) is 2.88. The van der Waals surface area contributed by atoms with Crippen molar-refractivity contribution in [1.29, 1.82) is 5.26 Å².